The molecule has 1 N–H and O–H groups in total. The highest BCUT2D eigenvalue weighted by Crippen LogP contribution is 2.45. The Kier molecular flexibility index (Phi) is 8.54. The van der Waals surface area contributed by atoms with Crippen molar-refractivity contribution in [3.63, 3.8) is 0 Å². The Morgan fingerprint density at radius 1 is 0.947 bits per heavy atom. The molecule has 38 heavy (non-hydrogen) atoms. The summed E-state index contributed by atoms with van der Waals surface area (Å²) >= 11 is -2.16. The van der Waals surface area contributed by atoms with Gasteiger partial charge in [-0.3, -0.25) is 0 Å². The number of hydrogen-bond donors (Lipinski definition) is 1. The monoisotopic (exact) mass is 559 g/mol. The highest BCUT2D eigenvalue weighted by molar-refractivity contribution is 7.90. The van der Waals surface area contributed by atoms with Gasteiger partial charge < -0.3 is 19.1 Å². The van der Waals surface area contributed by atoms with E-state index in [4.69, 9.17) is 4.74 Å². The third-order valence-electron chi connectivity index (χ3n) is 5.79. The van der Waals surface area contributed by atoms with E-state index in [0.717, 1.165) is 36.7 Å². The SMILES string of the molecule is CC(C)(C)OC(=O)N1CCN(c2ncc(C(N[S+]([O-])C(C)(C)C)(c3ccc(F)cc3)C(F)(F)F)cn2)CC1. The van der Waals surface area contributed by atoms with Crippen LogP contribution in [-0.2, 0) is 21.6 Å². The summed E-state index contributed by atoms with van der Waals surface area (Å²) in [5, 5.41) is 0. The molecule has 1 aromatic heterocycles. The first-order valence-corrected chi connectivity index (χ1v) is 13.2. The first-order chi connectivity index (χ1) is 17.4. The second-order valence-corrected chi connectivity index (χ2v) is 12.9. The second kappa shape index (κ2) is 10.9. The van der Waals surface area contributed by atoms with Crippen molar-refractivity contribution in [2.75, 3.05) is 31.1 Å². The van der Waals surface area contributed by atoms with Gasteiger partial charge in [0.1, 0.15) is 16.2 Å². The lowest BCUT2D eigenvalue weighted by molar-refractivity contribution is -0.182. The number of rotatable bonds is 5. The highest BCUT2D eigenvalue weighted by Gasteiger charge is 2.61. The van der Waals surface area contributed by atoms with Crippen LogP contribution in [0.5, 0.6) is 0 Å². The molecule has 8 nitrogen and oxygen atoms in total. The maximum Gasteiger partial charge on any atom is 0.419 e. The fraction of sp³-hybridized carbons (Fsp3) is 0.560. The van der Waals surface area contributed by atoms with E-state index in [-0.39, 0.29) is 11.5 Å². The molecular formula is C25H33F4N5O3S. The predicted molar refractivity (Wildman–Crippen MR) is 136 cm³/mol. The molecule has 0 radical (unpaired) electrons. The third-order valence-corrected chi connectivity index (χ3v) is 7.39. The second-order valence-electron chi connectivity index (χ2n) is 11.0. The molecule has 1 fully saturated rings. The molecule has 1 aliphatic heterocycles. The van der Waals surface area contributed by atoms with Crippen molar-refractivity contribution in [3.8, 4) is 0 Å². The van der Waals surface area contributed by atoms with Gasteiger partial charge in [-0.05, 0) is 59.2 Å². The van der Waals surface area contributed by atoms with Crippen molar-refractivity contribution in [1.29, 1.82) is 0 Å². The molecule has 2 atom stereocenters. The summed E-state index contributed by atoms with van der Waals surface area (Å²) < 4.78 is 77.8. The molecule has 2 unspecified atom stereocenters. The summed E-state index contributed by atoms with van der Waals surface area (Å²) in [5.74, 6) is -0.524. The van der Waals surface area contributed by atoms with E-state index in [1.54, 1.807) is 51.3 Å². The molecule has 1 amide bonds. The number of nitrogens with one attached hydrogen (secondary N) is 1. The molecule has 0 aliphatic carbocycles. The number of carbonyl (C=O) groups excluding carboxylic acids is 1. The van der Waals surface area contributed by atoms with Gasteiger partial charge in [0, 0.05) is 55.5 Å². The molecule has 0 bridgehead atoms. The summed E-state index contributed by atoms with van der Waals surface area (Å²) in [6, 6.07) is 3.83. The summed E-state index contributed by atoms with van der Waals surface area (Å²) in [5.41, 5.74) is -4.35. The number of piperazine rings is 1. The zero-order valence-corrected chi connectivity index (χ0v) is 23.0. The number of carbonyl (C=O) groups is 1. The lowest BCUT2D eigenvalue weighted by atomic mass is 9.84. The van der Waals surface area contributed by atoms with Crippen LogP contribution in [0.4, 0.5) is 28.3 Å². The van der Waals surface area contributed by atoms with Gasteiger partial charge in [-0.25, -0.2) is 19.2 Å². The Morgan fingerprint density at radius 2 is 1.47 bits per heavy atom. The smallest absolute Gasteiger partial charge is 0.419 e. The largest absolute Gasteiger partial charge is 0.598 e. The van der Waals surface area contributed by atoms with Crippen molar-refractivity contribution in [2.45, 2.75) is 63.6 Å². The first kappa shape index (κ1) is 29.9. The molecule has 2 aromatic rings. The quantitative estimate of drug-likeness (QED) is 0.425. The average molecular weight is 560 g/mol. The number of aromatic nitrogens is 2. The Balaban J connectivity index is 1.92. The third kappa shape index (κ3) is 6.67. The van der Waals surface area contributed by atoms with Crippen LogP contribution in [0.3, 0.4) is 0 Å². The molecule has 0 spiro atoms. The van der Waals surface area contributed by atoms with E-state index in [1.807, 2.05) is 0 Å². The minimum Gasteiger partial charge on any atom is -0.598 e. The first-order valence-electron chi connectivity index (χ1n) is 12.0. The summed E-state index contributed by atoms with van der Waals surface area (Å²) in [6.07, 6.45) is -3.37. The van der Waals surface area contributed by atoms with Crippen LogP contribution in [0.1, 0.15) is 52.7 Å². The van der Waals surface area contributed by atoms with E-state index >= 15 is 0 Å². The number of hydrogen-bond acceptors (Lipinski definition) is 7. The number of ether oxygens (including phenoxy) is 1. The number of anilines is 1. The van der Waals surface area contributed by atoms with E-state index in [9.17, 15) is 26.9 Å². The van der Waals surface area contributed by atoms with Gasteiger partial charge in [0.15, 0.2) is 0 Å². The van der Waals surface area contributed by atoms with E-state index in [0.29, 0.717) is 26.2 Å². The van der Waals surface area contributed by atoms with Gasteiger partial charge in [0.05, 0.1) is 0 Å². The zero-order chi connectivity index (χ0) is 28.5. The Labute approximate surface area is 223 Å². The van der Waals surface area contributed by atoms with Crippen LogP contribution in [0.2, 0.25) is 0 Å². The van der Waals surface area contributed by atoms with Gasteiger partial charge >= 0.3 is 12.3 Å². The van der Waals surface area contributed by atoms with Gasteiger partial charge in [-0.2, -0.15) is 13.2 Å². The molecular weight excluding hydrogens is 526 g/mol. The van der Waals surface area contributed by atoms with Crippen molar-refractivity contribution in [2.24, 2.45) is 0 Å². The van der Waals surface area contributed by atoms with Gasteiger partial charge in [0.25, 0.3) is 0 Å². The van der Waals surface area contributed by atoms with Crippen molar-refractivity contribution < 1.29 is 31.6 Å². The number of nitrogens with zero attached hydrogens (tertiary/aromatic N) is 4. The Bertz CT molecular complexity index is 1100. The number of benzene rings is 1. The average Bonchev–Trinajstić information content (AvgIpc) is 2.81. The van der Waals surface area contributed by atoms with Crippen LogP contribution >= 0.6 is 0 Å². The topological polar surface area (TPSA) is 93.7 Å². The molecule has 2 heterocycles. The number of alkyl halides is 3. The number of amides is 1. The number of halogens is 4. The van der Waals surface area contributed by atoms with Crippen LogP contribution in [0.15, 0.2) is 36.7 Å². The summed E-state index contributed by atoms with van der Waals surface area (Å²) in [4.78, 5) is 24.0. The fourth-order valence-corrected chi connectivity index (χ4v) is 4.69. The Morgan fingerprint density at radius 3 is 1.92 bits per heavy atom. The minimum atomic E-state index is -4.99. The molecule has 210 valence electrons. The van der Waals surface area contributed by atoms with Gasteiger partial charge in [0.2, 0.25) is 11.5 Å². The van der Waals surface area contributed by atoms with Crippen LogP contribution in [-0.4, -0.2) is 68.2 Å². The fourth-order valence-electron chi connectivity index (χ4n) is 3.76. The lowest BCUT2D eigenvalue weighted by Crippen LogP contribution is -2.59. The minimum absolute atomic E-state index is 0.185. The highest BCUT2D eigenvalue weighted by atomic mass is 32.2. The maximum atomic E-state index is 14.9. The molecule has 0 saturated carbocycles. The van der Waals surface area contributed by atoms with E-state index in [1.165, 1.54) is 0 Å². The lowest BCUT2D eigenvalue weighted by Gasteiger charge is -2.39. The van der Waals surface area contributed by atoms with Crippen molar-refractivity contribution >= 4 is 23.4 Å². The van der Waals surface area contributed by atoms with E-state index < -0.39 is 50.9 Å². The Hall–Kier alpha value is -2.64. The zero-order valence-electron chi connectivity index (χ0n) is 22.2. The van der Waals surface area contributed by atoms with Crippen LogP contribution < -0.4 is 9.62 Å². The van der Waals surface area contributed by atoms with Crippen molar-refractivity contribution in [3.05, 3.63) is 53.6 Å². The maximum absolute atomic E-state index is 14.9. The normalized spacial score (nSPS) is 17.7. The molecule has 13 heteroatoms. The molecule has 1 aromatic carbocycles. The molecule has 1 aliphatic rings. The van der Waals surface area contributed by atoms with Gasteiger partial charge in [-0.15, -0.1) is 4.72 Å². The summed E-state index contributed by atoms with van der Waals surface area (Å²) in [7, 11) is 0. The molecule has 1 saturated heterocycles. The van der Waals surface area contributed by atoms with Crippen LogP contribution in [0.25, 0.3) is 0 Å². The standard InChI is InChI=1S/C25H33F4N5O3S/c1-22(2,3)37-21(35)34-13-11-33(12-14-34)20-30-15-18(16-31-20)24(25(27,28)29,32-38(36)23(4,5)6)17-7-9-19(26)10-8-17/h7-10,15-16,32H,11-14H2,1-6H3. The van der Waals surface area contributed by atoms with Gasteiger partial charge in [-0.1, -0.05) is 12.1 Å². The van der Waals surface area contributed by atoms with Crippen molar-refractivity contribution in [1.82, 2.24) is 19.6 Å². The predicted octanol–water partition coefficient (Wildman–Crippen LogP) is 4.53. The van der Waals surface area contributed by atoms with Crippen LogP contribution in [0, 0.1) is 5.82 Å². The molecule has 3 rings (SSSR count). The van der Waals surface area contributed by atoms with E-state index in [2.05, 4.69) is 14.7 Å². The summed E-state index contributed by atoms with van der Waals surface area (Å²) in [6.45, 7) is 11.3.